The molecule has 0 aromatic carbocycles. The summed E-state index contributed by atoms with van der Waals surface area (Å²) in [6, 6.07) is 0. The van der Waals surface area contributed by atoms with Gasteiger partial charge in [0.2, 0.25) is 5.91 Å². The maximum Gasteiger partial charge on any atom is 0.227 e. The molecule has 2 rings (SSSR count). The van der Waals surface area contributed by atoms with E-state index in [1.54, 1.807) is 0 Å². The van der Waals surface area contributed by atoms with E-state index in [0.29, 0.717) is 13.1 Å². The van der Waals surface area contributed by atoms with E-state index in [0.717, 1.165) is 42.6 Å². The standard InChI is InChI=1S/C14H24N4O/c1-10-12(11(2)18(3)17-10)8-16-13(19)14(9-15)6-4-5-7-14/h4-9,15H2,1-3H3,(H,16,19). The summed E-state index contributed by atoms with van der Waals surface area (Å²) in [5.74, 6) is 0.107. The first-order valence-electron chi connectivity index (χ1n) is 6.97. The molecule has 0 saturated heterocycles. The zero-order chi connectivity index (χ0) is 14.0. The van der Waals surface area contributed by atoms with Crippen LogP contribution in [-0.2, 0) is 18.4 Å². The summed E-state index contributed by atoms with van der Waals surface area (Å²) in [5.41, 5.74) is 8.69. The largest absolute Gasteiger partial charge is 0.351 e. The molecule has 1 heterocycles. The fourth-order valence-corrected chi connectivity index (χ4v) is 3.01. The van der Waals surface area contributed by atoms with Crippen molar-refractivity contribution < 1.29 is 4.79 Å². The minimum absolute atomic E-state index is 0.107. The number of nitrogens with zero attached hydrogens (tertiary/aromatic N) is 2. The average Bonchev–Trinajstić information content (AvgIpc) is 2.95. The molecule has 0 bridgehead atoms. The zero-order valence-electron chi connectivity index (χ0n) is 12.1. The Bertz CT molecular complexity index is 472. The Hall–Kier alpha value is -1.36. The van der Waals surface area contributed by atoms with Crippen molar-refractivity contribution in [2.75, 3.05) is 6.54 Å². The third-order valence-electron chi connectivity index (χ3n) is 4.52. The topological polar surface area (TPSA) is 72.9 Å². The van der Waals surface area contributed by atoms with Gasteiger partial charge < -0.3 is 11.1 Å². The summed E-state index contributed by atoms with van der Waals surface area (Å²) < 4.78 is 1.85. The van der Waals surface area contributed by atoms with Gasteiger partial charge in [-0.05, 0) is 26.7 Å². The summed E-state index contributed by atoms with van der Waals surface area (Å²) in [6.45, 7) is 4.99. The third-order valence-corrected chi connectivity index (χ3v) is 4.52. The Morgan fingerprint density at radius 2 is 2.05 bits per heavy atom. The lowest BCUT2D eigenvalue weighted by Gasteiger charge is -2.25. The molecule has 0 radical (unpaired) electrons. The summed E-state index contributed by atoms with van der Waals surface area (Å²) in [4.78, 5) is 12.4. The lowest BCUT2D eigenvalue weighted by Crippen LogP contribution is -2.43. The molecule has 5 nitrogen and oxygen atoms in total. The SMILES string of the molecule is Cc1nn(C)c(C)c1CNC(=O)C1(CN)CCCC1. The molecule has 1 aromatic heterocycles. The molecule has 5 heteroatoms. The maximum absolute atomic E-state index is 12.4. The second kappa shape index (κ2) is 5.33. The summed E-state index contributed by atoms with van der Waals surface area (Å²) in [5, 5.41) is 7.42. The second-order valence-corrected chi connectivity index (χ2v) is 5.65. The predicted octanol–water partition coefficient (Wildman–Crippen LogP) is 1.17. The van der Waals surface area contributed by atoms with Crippen LogP contribution in [-0.4, -0.2) is 22.2 Å². The minimum atomic E-state index is -0.329. The quantitative estimate of drug-likeness (QED) is 0.857. The zero-order valence-corrected chi connectivity index (χ0v) is 12.1. The van der Waals surface area contributed by atoms with Crippen LogP contribution in [0.4, 0.5) is 0 Å². The van der Waals surface area contributed by atoms with Gasteiger partial charge in [0, 0.05) is 31.4 Å². The van der Waals surface area contributed by atoms with Gasteiger partial charge in [-0.15, -0.1) is 0 Å². The second-order valence-electron chi connectivity index (χ2n) is 5.65. The molecule has 0 aliphatic heterocycles. The molecule has 1 aliphatic carbocycles. The smallest absolute Gasteiger partial charge is 0.227 e. The van der Waals surface area contributed by atoms with Crippen molar-refractivity contribution in [2.24, 2.45) is 18.2 Å². The van der Waals surface area contributed by atoms with Crippen molar-refractivity contribution in [2.45, 2.75) is 46.1 Å². The highest BCUT2D eigenvalue weighted by Crippen LogP contribution is 2.37. The molecule has 0 spiro atoms. The molecule has 1 aromatic rings. The van der Waals surface area contributed by atoms with E-state index in [4.69, 9.17) is 5.73 Å². The third kappa shape index (κ3) is 2.52. The van der Waals surface area contributed by atoms with Crippen LogP contribution in [0.15, 0.2) is 0 Å². The van der Waals surface area contributed by atoms with Crippen molar-refractivity contribution in [3.8, 4) is 0 Å². The molecule has 1 saturated carbocycles. The summed E-state index contributed by atoms with van der Waals surface area (Å²) in [7, 11) is 1.92. The van der Waals surface area contributed by atoms with Crippen LogP contribution in [0.2, 0.25) is 0 Å². The highest BCUT2D eigenvalue weighted by atomic mass is 16.2. The highest BCUT2D eigenvalue weighted by Gasteiger charge is 2.39. The van der Waals surface area contributed by atoms with E-state index in [2.05, 4.69) is 10.4 Å². The van der Waals surface area contributed by atoms with Gasteiger partial charge in [-0.2, -0.15) is 5.10 Å². The average molecular weight is 264 g/mol. The van der Waals surface area contributed by atoms with Crippen LogP contribution in [0, 0.1) is 19.3 Å². The Labute approximate surface area is 114 Å². The van der Waals surface area contributed by atoms with Crippen LogP contribution in [0.5, 0.6) is 0 Å². The number of aryl methyl sites for hydroxylation is 2. The molecule has 106 valence electrons. The normalized spacial score (nSPS) is 17.7. The van der Waals surface area contributed by atoms with Gasteiger partial charge in [0.25, 0.3) is 0 Å². The van der Waals surface area contributed by atoms with Gasteiger partial charge in [0.05, 0.1) is 11.1 Å². The minimum Gasteiger partial charge on any atom is -0.351 e. The van der Waals surface area contributed by atoms with Crippen LogP contribution in [0.25, 0.3) is 0 Å². The van der Waals surface area contributed by atoms with Gasteiger partial charge in [0.15, 0.2) is 0 Å². The van der Waals surface area contributed by atoms with E-state index in [9.17, 15) is 4.79 Å². The molecular formula is C14H24N4O. The number of carbonyl (C=O) groups is 1. The van der Waals surface area contributed by atoms with Crippen molar-refractivity contribution in [1.82, 2.24) is 15.1 Å². The lowest BCUT2D eigenvalue weighted by molar-refractivity contribution is -0.130. The van der Waals surface area contributed by atoms with E-state index >= 15 is 0 Å². The number of hydrogen-bond donors (Lipinski definition) is 2. The monoisotopic (exact) mass is 264 g/mol. The van der Waals surface area contributed by atoms with Crippen molar-refractivity contribution >= 4 is 5.91 Å². The van der Waals surface area contributed by atoms with Gasteiger partial charge in [-0.25, -0.2) is 0 Å². The van der Waals surface area contributed by atoms with E-state index < -0.39 is 0 Å². The number of amides is 1. The summed E-state index contributed by atoms with van der Waals surface area (Å²) >= 11 is 0. The van der Waals surface area contributed by atoms with Gasteiger partial charge in [0.1, 0.15) is 0 Å². The molecule has 1 amide bonds. The van der Waals surface area contributed by atoms with Crippen LogP contribution in [0.3, 0.4) is 0 Å². The Balaban J connectivity index is 2.04. The number of nitrogens with one attached hydrogen (secondary N) is 1. The lowest BCUT2D eigenvalue weighted by atomic mass is 9.85. The fourth-order valence-electron chi connectivity index (χ4n) is 3.01. The number of nitrogens with two attached hydrogens (primary N) is 1. The first-order chi connectivity index (χ1) is 9.00. The number of carbonyl (C=O) groups excluding carboxylic acids is 1. The Morgan fingerprint density at radius 3 is 2.53 bits per heavy atom. The van der Waals surface area contributed by atoms with Crippen LogP contribution < -0.4 is 11.1 Å². The molecule has 1 fully saturated rings. The Kier molecular flexibility index (Phi) is 3.94. The number of hydrogen-bond acceptors (Lipinski definition) is 3. The van der Waals surface area contributed by atoms with Crippen LogP contribution in [0.1, 0.15) is 42.6 Å². The fraction of sp³-hybridized carbons (Fsp3) is 0.714. The first kappa shape index (κ1) is 14.1. The molecule has 1 aliphatic rings. The molecule has 0 unspecified atom stereocenters. The highest BCUT2D eigenvalue weighted by molar-refractivity contribution is 5.83. The van der Waals surface area contributed by atoms with E-state index in [1.165, 1.54) is 0 Å². The number of aromatic nitrogens is 2. The van der Waals surface area contributed by atoms with Gasteiger partial charge in [-0.1, -0.05) is 12.8 Å². The van der Waals surface area contributed by atoms with Gasteiger partial charge in [-0.3, -0.25) is 9.48 Å². The Morgan fingerprint density at radius 1 is 1.42 bits per heavy atom. The summed E-state index contributed by atoms with van der Waals surface area (Å²) in [6.07, 6.45) is 4.05. The van der Waals surface area contributed by atoms with Gasteiger partial charge >= 0.3 is 0 Å². The molecule has 3 N–H and O–H groups in total. The molecule has 19 heavy (non-hydrogen) atoms. The number of rotatable bonds is 4. The van der Waals surface area contributed by atoms with Crippen LogP contribution >= 0.6 is 0 Å². The predicted molar refractivity (Wildman–Crippen MR) is 74.5 cm³/mol. The molecule has 0 atom stereocenters. The van der Waals surface area contributed by atoms with Crippen molar-refractivity contribution in [3.63, 3.8) is 0 Å². The van der Waals surface area contributed by atoms with E-state index in [-0.39, 0.29) is 11.3 Å². The van der Waals surface area contributed by atoms with E-state index in [1.807, 2.05) is 25.6 Å². The first-order valence-corrected chi connectivity index (χ1v) is 6.97. The molecular weight excluding hydrogens is 240 g/mol. The van der Waals surface area contributed by atoms with Crippen molar-refractivity contribution in [1.29, 1.82) is 0 Å². The maximum atomic E-state index is 12.4. The van der Waals surface area contributed by atoms with Crippen molar-refractivity contribution in [3.05, 3.63) is 17.0 Å².